The molecule has 0 aliphatic rings. The minimum Gasteiger partial charge on any atom is -0.405 e. The highest BCUT2D eigenvalue weighted by Crippen LogP contribution is 2.38. The maximum absolute atomic E-state index is 12.2. The van der Waals surface area contributed by atoms with Crippen LogP contribution in [0.5, 0.6) is 0 Å². The maximum Gasteiger partial charge on any atom is 0.261 e. The molecule has 6 heteroatoms. The molecule has 0 saturated heterocycles. The van der Waals surface area contributed by atoms with E-state index in [4.69, 9.17) is 13.6 Å². The van der Waals surface area contributed by atoms with Crippen LogP contribution in [-0.2, 0) is 20.2 Å². The zero-order valence-electron chi connectivity index (χ0n) is 29.9. The van der Waals surface area contributed by atoms with Crippen molar-refractivity contribution in [1.82, 2.24) is 0 Å². The standard InChI is InChI=1S/C43H52O4Si2/c1-42(2,3)48(36-24-14-8-15-25-36,37-26-16-9-17-27-37)46-33-40(44)41(45-32-35-22-12-7-13-23-35)34-47-49(43(4,5)6,38-28-18-10-19-29-38)39-30-20-11-21-31-39/h7-31,40-41,44H,32-34H2,1-6H3/t40-,41+/m0/s1. The Bertz CT molecular complexity index is 1610. The molecule has 0 amide bonds. The lowest BCUT2D eigenvalue weighted by Gasteiger charge is -2.45. The van der Waals surface area contributed by atoms with E-state index in [1.54, 1.807) is 0 Å². The lowest BCUT2D eigenvalue weighted by molar-refractivity contribution is -0.0810. The topological polar surface area (TPSA) is 47.9 Å². The van der Waals surface area contributed by atoms with Crippen LogP contribution in [0.4, 0.5) is 0 Å². The SMILES string of the molecule is CC(C)(C)[Si](OC[C@H](O)[C@@H](CO[Si](c1ccccc1)(c1ccccc1)C(C)(C)C)OCc1ccccc1)(c1ccccc1)c1ccccc1. The molecule has 0 aliphatic heterocycles. The lowest BCUT2D eigenvalue weighted by atomic mass is 10.2. The zero-order valence-corrected chi connectivity index (χ0v) is 31.9. The van der Waals surface area contributed by atoms with Crippen LogP contribution in [0.25, 0.3) is 0 Å². The lowest BCUT2D eigenvalue weighted by Crippen LogP contribution is -2.68. The highest BCUT2D eigenvalue weighted by Gasteiger charge is 2.52. The van der Waals surface area contributed by atoms with Gasteiger partial charge < -0.3 is 18.7 Å². The van der Waals surface area contributed by atoms with Crippen LogP contribution in [0.1, 0.15) is 47.1 Å². The van der Waals surface area contributed by atoms with Gasteiger partial charge in [0.1, 0.15) is 12.2 Å². The number of hydrogen-bond donors (Lipinski definition) is 1. The van der Waals surface area contributed by atoms with Gasteiger partial charge in [0.05, 0.1) is 19.8 Å². The van der Waals surface area contributed by atoms with Gasteiger partial charge in [-0.25, -0.2) is 0 Å². The first-order valence-corrected chi connectivity index (χ1v) is 21.1. The fourth-order valence-electron chi connectivity index (χ4n) is 7.10. The van der Waals surface area contributed by atoms with Gasteiger partial charge in [-0.2, -0.15) is 0 Å². The van der Waals surface area contributed by atoms with Crippen LogP contribution in [0, 0.1) is 0 Å². The van der Waals surface area contributed by atoms with E-state index in [9.17, 15) is 5.11 Å². The molecule has 4 nitrogen and oxygen atoms in total. The monoisotopic (exact) mass is 688 g/mol. The summed E-state index contributed by atoms with van der Waals surface area (Å²) in [5.41, 5.74) is 1.04. The molecule has 5 rings (SSSR count). The third kappa shape index (κ3) is 8.07. The Morgan fingerprint density at radius 3 is 1.10 bits per heavy atom. The van der Waals surface area contributed by atoms with Gasteiger partial charge in [-0.15, -0.1) is 0 Å². The summed E-state index contributed by atoms with van der Waals surface area (Å²) in [5, 5.41) is 16.4. The second-order valence-electron chi connectivity index (χ2n) is 14.9. The van der Waals surface area contributed by atoms with Crippen LogP contribution in [0.15, 0.2) is 152 Å². The van der Waals surface area contributed by atoms with Crippen molar-refractivity contribution < 1.29 is 18.7 Å². The van der Waals surface area contributed by atoms with Crippen molar-refractivity contribution in [3.8, 4) is 0 Å². The summed E-state index contributed by atoms with van der Waals surface area (Å²) in [7, 11) is -5.77. The second-order valence-corrected chi connectivity index (χ2v) is 23.5. The summed E-state index contributed by atoms with van der Waals surface area (Å²) in [6.07, 6.45) is -1.58. The Morgan fingerprint density at radius 1 is 0.469 bits per heavy atom. The minimum atomic E-state index is -2.89. The number of hydrogen-bond acceptors (Lipinski definition) is 4. The fraction of sp³-hybridized carbons (Fsp3) is 0.302. The van der Waals surface area contributed by atoms with Gasteiger partial charge in [0.2, 0.25) is 0 Å². The Morgan fingerprint density at radius 2 is 0.776 bits per heavy atom. The predicted molar refractivity (Wildman–Crippen MR) is 208 cm³/mol. The molecule has 0 unspecified atom stereocenters. The van der Waals surface area contributed by atoms with Crippen molar-refractivity contribution in [3.05, 3.63) is 157 Å². The Hall–Kier alpha value is -3.63. The molecular formula is C43H52O4Si2. The first-order chi connectivity index (χ1) is 23.5. The minimum absolute atomic E-state index is 0.108. The van der Waals surface area contributed by atoms with E-state index in [2.05, 4.69) is 139 Å². The molecule has 0 fully saturated rings. The molecule has 2 atom stereocenters. The van der Waals surface area contributed by atoms with Gasteiger partial charge >= 0.3 is 0 Å². The summed E-state index contributed by atoms with van der Waals surface area (Å²) in [4.78, 5) is 0. The molecule has 1 N–H and O–H groups in total. The number of benzene rings is 5. The first kappa shape index (κ1) is 36.6. The van der Waals surface area contributed by atoms with Crippen LogP contribution in [0.3, 0.4) is 0 Å². The predicted octanol–water partition coefficient (Wildman–Crippen LogP) is 7.09. The molecule has 0 aliphatic carbocycles. The van der Waals surface area contributed by atoms with E-state index in [-0.39, 0.29) is 23.3 Å². The number of ether oxygens (including phenoxy) is 1. The molecule has 5 aromatic rings. The van der Waals surface area contributed by atoms with E-state index in [0.717, 1.165) is 5.56 Å². The highest BCUT2D eigenvalue weighted by atomic mass is 28.4. The fourth-order valence-corrected chi connectivity index (χ4v) is 16.2. The van der Waals surface area contributed by atoms with Crippen molar-refractivity contribution >= 4 is 37.4 Å². The van der Waals surface area contributed by atoms with E-state index < -0.39 is 28.8 Å². The Kier molecular flexibility index (Phi) is 11.9. The van der Waals surface area contributed by atoms with Crippen molar-refractivity contribution in [3.63, 3.8) is 0 Å². The summed E-state index contributed by atoms with van der Waals surface area (Å²) >= 11 is 0. The molecule has 0 radical (unpaired) electrons. The average molecular weight is 689 g/mol. The molecule has 0 bridgehead atoms. The zero-order chi connectivity index (χ0) is 35.0. The summed E-state index contributed by atoms with van der Waals surface area (Å²) < 4.78 is 21.1. The molecule has 0 heterocycles. The van der Waals surface area contributed by atoms with Crippen LogP contribution in [-0.4, -0.2) is 47.2 Å². The van der Waals surface area contributed by atoms with Crippen molar-refractivity contribution in [1.29, 1.82) is 0 Å². The maximum atomic E-state index is 12.2. The van der Waals surface area contributed by atoms with Gasteiger partial charge in [-0.3, -0.25) is 0 Å². The number of rotatable bonds is 14. The van der Waals surface area contributed by atoms with Crippen molar-refractivity contribution in [2.75, 3.05) is 13.2 Å². The Labute approximate surface area is 296 Å². The van der Waals surface area contributed by atoms with Crippen LogP contribution < -0.4 is 20.7 Å². The van der Waals surface area contributed by atoms with E-state index in [1.807, 2.05) is 54.6 Å². The Balaban J connectivity index is 1.52. The molecule has 0 spiro atoms. The smallest absolute Gasteiger partial charge is 0.261 e. The van der Waals surface area contributed by atoms with Crippen LogP contribution in [0.2, 0.25) is 10.1 Å². The molecule has 256 valence electrons. The van der Waals surface area contributed by atoms with Gasteiger partial charge in [-0.1, -0.05) is 193 Å². The van der Waals surface area contributed by atoms with Crippen molar-refractivity contribution in [2.45, 2.75) is 70.4 Å². The third-order valence-electron chi connectivity index (χ3n) is 9.50. The normalized spacial score (nSPS) is 13.9. The molecule has 5 aromatic carbocycles. The molecule has 0 saturated carbocycles. The van der Waals surface area contributed by atoms with E-state index >= 15 is 0 Å². The quantitative estimate of drug-likeness (QED) is 0.127. The second kappa shape index (κ2) is 15.9. The number of aliphatic hydroxyl groups is 1. The van der Waals surface area contributed by atoms with E-state index in [1.165, 1.54) is 20.7 Å². The average Bonchev–Trinajstić information content (AvgIpc) is 3.11. The molecule has 49 heavy (non-hydrogen) atoms. The highest BCUT2D eigenvalue weighted by molar-refractivity contribution is 7.00. The summed E-state index contributed by atoms with van der Waals surface area (Å²) in [6.45, 7) is 14.2. The summed E-state index contributed by atoms with van der Waals surface area (Å²) in [5.74, 6) is 0. The van der Waals surface area contributed by atoms with Gasteiger partial charge in [0.15, 0.2) is 0 Å². The molecule has 0 aromatic heterocycles. The van der Waals surface area contributed by atoms with Crippen molar-refractivity contribution in [2.24, 2.45) is 0 Å². The van der Waals surface area contributed by atoms with Crippen LogP contribution >= 0.6 is 0 Å². The first-order valence-electron chi connectivity index (χ1n) is 17.3. The largest absolute Gasteiger partial charge is 0.405 e. The molecular weight excluding hydrogens is 637 g/mol. The summed E-state index contributed by atoms with van der Waals surface area (Å²) in [6, 6.07) is 52.4. The van der Waals surface area contributed by atoms with Gasteiger partial charge in [-0.05, 0) is 36.4 Å². The third-order valence-corrected chi connectivity index (χ3v) is 19.5. The number of aliphatic hydroxyl groups excluding tert-OH is 1. The van der Waals surface area contributed by atoms with E-state index in [0.29, 0.717) is 6.61 Å². The van der Waals surface area contributed by atoms with Gasteiger partial charge in [0.25, 0.3) is 16.6 Å². The van der Waals surface area contributed by atoms with Gasteiger partial charge in [0, 0.05) is 0 Å².